The van der Waals surface area contributed by atoms with Crippen LogP contribution in [0.1, 0.15) is 11.1 Å². The maximum absolute atomic E-state index is 13.0. The minimum Gasteiger partial charge on any atom is -0.489 e. The molecule has 25 heavy (non-hydrogen) atoms. The van der Waals surface area contributed by atoms with Crippen LogP contribution in [0.25, 0.3) is 10.8 Å². The molecule has 0 bridgehead atoms. The van der Waals surface area contributed by atoms with Gasteiger partial charge in [0.2, 0.25) is 0 Å². The predicted octanol–water partition coefficient (Wildman–Crippen LogP) is 5.26. The van der Waals surface area contributed by atoms with Crippen molar-refractivity contribution in [1.29, 1.82) is 0 Å². The molecule has 0 spiro atoms. The average molecular weight is 358 g/mol. The monoisotopic (exact) mass is 357 g/mol. The molecule has 0 amide bonds. The molecular weight excluding hydrogens is 337 g/mol. The Morgan fingerprint density at radius 3 is 2.52 bits per heavy atom. The van der Waals surface area contributed by atoms with Crippen molar-refractivity contribution >= 4 is 23.2 Å². The van der Waals surface area contributed by atoms with Crippen molar-refractivity contribution in [2.75, 3.05) is 6.54 Å². The lowest BCUT2D eigenvalue weighted by atomic mass is 10.0. The number of benzene rings is 3. The van der Waals surface area contributed by atoms with E-state index in [1.54, 1.807) is 12.1 Å². The molecule has 0 aliphatic carbocycles. The van der Waals surface area contributed by atoms with Gasteiger partial charge < -0.3 is 10.1 Å². The molecule has 0 fully saturated rings. The van der Waals surface area contributed by atoms with Crippen LogP contribution in [0.3, 0.4) is 0 Å². The van der Waals surface area contributed by atoms with Crippen molar-refractivity contribution in [1.82, 2.24) is 5.32 Å². The molecule has 0 aliphatic heterocycles. The van der Waals surface area contributed by atoms with Crippen LogP contribution in [0.2, 0.25) is 0 Å². The topological polar surface area (TPSA) is 21.3 Å². The Morgan fingerprint density at radius 1 is 1.00 bits per heavy atom. The van der Waals surface area contributed by atoms with E-state index in [1.165, 1.54) is 22.9 Å². The molecule has 2 nitrogen and oxygen atoms in total. The smallest absolute Gasteiger partial charge is 0.124 e. The number of hydrogen-bond acceptors (Lipinski definition) is 2. The second-order valence-electron chi connectivity index (χ2n) is 5.60. The molecule has 3 rings (SSSR count). The largest absolute Gasteiger partial charge is 0.489 e. The van der Waals surface area contributed by atoms with E-state index in [2.05, 4.69) is 30.1 Å². The van der Waals surface area contributed by atoms with Crippen LogP contribution in [0, 0.1) is 5.82 Å². The van der Waals surface area contributed by atoms with Crippen LogP contribution in [0.5, 0.6) is 5.75 Å². The normalized spacial score (nSPS) is 10.3. The van der Waals surface area contributed by atoms with Crippen LogP contribution in [0.4, 0.5) is 4.39 Å². The van der Waals surface area contributed by atoms with E-state index in [1.807, 2.05) is 24.3 Å². The lowest BCUT2D eigenvalue weighted by Gasteiger charge is -2.15. The van der Waals surface area contributed by atoms with E-state index < -0.39 is 0 Å². The number of nitrogens with one attached hydrogen (secondary N) is 1. The molecule has 0 radical (unpaired) electrons. The van der Waals surface area contributed by atoms with Crippen molar-refractivity contribution in [3.05, 3.63) is 90.3 Å². The van der Waals surface area contributed by atoms with E-state index >= 15 is 0 Å². The van der Waals surface area contributed by atoms with Gasteiger partial charge in [-0.05, 0) is 34.5 Å². The van der Waals surface area contributed by atoms with E-state index in [9.17, 15) is 4.39 Å². The first-order chi connectivity index (χ1) is 11.8. The number of rotatable bonds is 7. The molecule has 0 saturated heterocycles. The zero-order valence-corrected chi connectivity index (χ0v) is 14.7. The van der Waals surface area contributed by atoms with Gasteiger partial charge in [-0.25, -0.2) is 4.39 Å². The summed E-state index contributed by atoms with van der Waals surface area (Å²) >= 11 is 0. The zero-order valence-electron chi connectivity index (χ0n) is 13.9. The highest BCUT2D eigenvalue weighted by molar-refractivity contribution is 5.87. The summed E-state index contributed by atoms with van der Waals surface area (Å²) in [6, 6.07) is 18.7. The van der Waals surface area contributed by atoms with Crippen LogP contribution in [-0.4, -0.2) is 6.54 Å². The molecule has 3 aromatic rings. The lowest BCUT2D eigenvalue weighted by Crippen LogP contribution is -2.14. The minimum absolute atomic E-state index is 0. The summed E-state index contributed by atoms with van der Waals surface area (Å²) in [6.45, 7) is 5.58. The average Bonchev–Trinajstić information content (AvgIpc) is 2.62. The number of hydrogen-bond donors (Lipinski definition) is 1. The zero-order chi connectivity index (χ0) is 16.8. The van der Waals surface area contributed by atoms with Crippen molar-refractivity contribution in [3.63, 3.8) is 0 Å². The Bertz CT molecular complexity index is 833. The standard InChI is InChI=1S/C21H20FNO.ClH/c1-2-13-23-14-20-19-6-4-3-5-17(19)9-12-21(20)24-15-16-7-10-18(22)11-8-16;/h2-12,23H,1,13-15H2;1H. The van der Waals surface area contributed by atoms with Gasteiger partial charge in [0.15, 0.2) is 0 Å². The highest BCUT2D eigenvalue weighted by atomic mass is 35.5. The van der Waals surface area contributed by atoms with E-state index in [0.717, 1.165) is 23.4 Å². The van der Waals surface area contributed by atoms with E-state index in [0.29, 0.717) is 13.2 Å². The summed E-state index contributed by atoms with van der Waals surface area (Å²) in [6.07, 6.45) is 1.84. The fourth-order valence-electron chi connectivity index (χ4n) is 2.67. The van der Waals surface area contributed by atoms with E-state index in [-0.39, 0.29) is 18.2 Å². The first-order valence-corrected chi connectivity index (χ1v) is 7.97. The second kappa shape index (κ2) is 9.21. The molecule has 0 aromatic heterocycles. The quantitative estimate of drug-likeness (QED) is 0.460. The van der Waals surface area contributed by atoms with Gasteiger partial charge in [0, 0.05) is 18.7 Å². The fraction of sp³-hybridized carbons (Fsp3) is 0.143. The molecule has 0 atom stereocenters. The first kappa shape index (κ1) is 19.0. The van der Waals surface area contributed by atoms with Gasteiger partial charge in [-0.15, -0.1) is 19.0 Å². The van der Waals surface area contributed by atoms with Crippen molar-refractivity contribution in [2.24, 2.45) is 0 Å². The maximum atomic E-state index is 13.0. The molecular formula is C21H21ClFNO. The first-order valence-electron chi connectivity index (χ1n) is 7.97. The third-order valence-corrected chi connectivity index (χ3v) is 3.90. The van der Waals surface area contributed by atoms with Crippen molar-refractivity contribution in [2.45, 2.75) is 13.2 Å². The van der Waals surface area contributed by atoms with Crippen molar-refractivity contribution < 1.29 is 9.13 Å². The lowest BCUT2D eigenvalue weighted by molar-refractivity contribution is 0.302. The Hall–Kier alpha value is -2.36. The summed E-state index contributed by atoms with van der Waals surface area (Å²) in [5.74, 6) is 0.605. The van der Waals surface area contributed by atoms with Gasteiger partial charge in [-0.2, -0.15) is 0 Å². The Morgan fingerprint density at radius 2 is 1.76 bits per heavy atom. The SMILES string of the molecule is C=CCNCc1c(OCc2ccc(F)cc2)ccc2ccccc12.Cl. The summed E-state index contributed by atoms with van der Waals surface area (Å²) in [5, 5.41) is 5.70. The van der Waals surface area contributed by atoms with Crippen LogP contribution >= 0.6 is 12.4 Å². The van der Waals surface area contributed by atoms with Gasteiger partial charge in [0.1, 0.15) is 18.2 Å². The predicted molar refractivity (Wildman–Crippen MR) is 104 cm³/mol. The molecule has 0 aliphatic rings. The van der Waals surface area contributed by atoms with Gasteiger partial charge in [0.25, 0.3) is 0 Å². The highest BCUT2D eigenvalue weighted by Gasteiger charge is 2.09. The Labute approximate surface area is 153 Å². The van der Waals surface area contributed by atoms with Crippen LogP contribution < -0.4 is 10.1 Å². The van der Waals surface area contributed by atoms with Gasteiger partial charge >= 0.3 is 0 Å². The van der Waals surface area contributed by atoms with Gasteiger partial charge in [-0.3, -0.25) is 0 Å². The number of fused-ring (bicyclic) bond motifs is 1. The Kier molecular flexibility index (Phi) is 6.99. The highest BCUT2D eigenvalue weighted by Crippen LogP contribution is 2.28. The second-order valence-corrected chi connectivity index (χ2v) is 5.60. The van der Waals surface area contributed by atoms with E-state index in [4.69, 9.17) is 4.74 Å². The molecule has 0 saturated carbocycles. The molecule has 130 valence electrons. The van der Waals surface area contributed by atoms with Crippen LogP contribution in [0.15, 0.2) is 73.3 Å². The third kappa shape index (κ3) is 4.81. The minimum atomic E-state index is -0.237. The molecule has 0 unspecified atom stereocenters. The summed E-state index contributed by atoms with van der Waals surface area (Å²) in [5.41, 5.74) is 2.06. The fourth-order valence-corrected chi connectivity index (χ4v) is 2.67. The van der Waals surface area contributed by atoms with Crippen molar-refractivity contribution in [3.8, 4) is 5.75 Å². The maximum Gasteiger partial charge on any atom is 0.124 e. The Balaban J connectivity index is 0.00000225. The molecule has 0 heterocycles. The molecule has 3 aromatic carbocycles. The summed E-state index contributed by atoms with van der Waals surface area (Å²) < 4.78 is 19.0. The summed E-state index contributed by atoms with van der Waals surface area (Å²) in [4.78, 5) is 0. The number of halogens is 2. The third-order valence-electron chi connectivity index (χ3n) is 3.90. The molecule has 4 heteroatoms. The van der Waals surface area contributed by atoms with Gasteiger partial charge in [0.05, 0.1) is 0 Å². The number of ether oxygens (including phenoxy) is 1. The molecule has 1 N–H and O–H groups in total. The van der Waals surface area contributed by atoms with Crippen LogP contribution in [-0.2, 0) is 13.2 Å². The summed E-state index contributed by atoms with van der Waals surface area (Å²) in [7, 11) is 0. The van der Waals surface area contributed by atoms with Gasteiger partial charge in [-0.1, -0.05) is 48.5 Å².